The zero-order valence-electron chi connectivity index (χ0n) is 16.5. The Hall–Kier alpha value is -1.83. The number of amides is 1. The lowest BCUT2D eigenvalue weighted by Crippen LogP contribution is -2.34. The summed E-state index contributed by atoms with van der Waals surface area (Å²) in [5.41, 5.74) is 2.73. The predicted octanol–water partition coefficient (Wildman–Crippen LogP) is 6.12. The molecule has 28 heavy (non-hydrogen) atoms. The first-order valence-electron chi connectivity index (χ1n) is 9.15. The number of ether oxygens (including phenoxy) is 1. The van der Waals surface area contributed by atoms with Gasteiger partial charge in [-0.2, -0.15) is 0 Å². The third kappa shape index (κ3) is 6.09. The van der Waals surface area contributed by atoms with Gasteiger partial charge in [0.2, 0.25) is 0 Å². The SMILES string of the molecule is C=Cc1c(SC)sc(C(=O)NC(=S)Nc2ccc(OCCCCC)cc2)c1C. The maximum absolute atomic E-state index is 12.6. The van der Waals surface area contributed by atoms with Crippen LogP contribution < -0.4 is 15.4 Å². The number of thiocarbonyl (C=S) groups is 1. The molecule has 0 spiro atoms. The van der Waals surface area contributed by atoms with Crippen molar-refractivity contribution in [2.45, 2.75) is 37.3 Å². The van der Waals surface area contributed by atoms with E-state index < -0.39 is 0 Å². The second-order valence-electron chi connectivity index (χ2n) is 6.15. The number of thiophene rings is 1. The molecule has 0 fully saturated rings. The first-order chi connectivity index (χ1) is 13.5. The predicted molar refractivity (Wildman–Crippen MR) is 126 cm³/mol. The minimum atomic E-state index is -0.209. The van der Waals surface area contributed by atoms with Gasteiger partial charge in [0.15, 0.2) is 5.11 Å². The normalized spacial score (nSPS) is 10.4. The molecule has 150 valence electrons. The number of unbranched alkanes of at least 4 members (excludes halogenated alkanes) is 2. The van der Waals surface area contributed by atoms with E-state index in [4.69, 9.17) is 17.0 Å². The van der Waals surface area contributed by atoms with Gasteiger partial charge in [0, 0.05) is 11.3 Å². The summed E-state index contributed by atoms with van der Waals surface area (Å²) in [6, 6.07) is 7.55. The van der Waals surface area contributed by atoms with E-state index in [1.807, 2.05) is 37.4 Å². The van der Waals surface area contributed by atoms with Crippen LogP contribution >= 0.6 is 35.3 Å². The Bertz CT molecular complexity index is 829. The number of anilines is 1. The summed E-state index contributed by atoms with van der Waals surface area (Å²) in [5, 5.41) is 6.06. The van der Waals surface area contributed by atoms with Crippen molar-refractivity contribution in [3.63, 3.8) is 0 Å². The molecular weight excluding hydrogens is 408 g/mol. The van der Waals surface area contributed by atoms with Crippen LogP contribution in [0.3, 0.4) is 0 Å². The highest BCUT2D eigenvalue weighted by Crippen LogP contribution is 2.35. The third-order valence-corrected chi connectivity index (χ3v) is 6.76. The molecule has 7 heteroatoms. The van der Waals surface area contributed by atoms with Crippen molar-refractivity contribution in [3.8, 4) is 5.75 Å². The van der Waals surface area contributed by atoms with Crippen LogP contribution in [0, 0.1) is 6.92 Å². The van der Waals surface area contributed by atoms with Crippen LogP contribution in [0.2, 0.25) is 0 Å². The van der Waals surface area contributed by atoms with Gasteiger partial charge in [-0.15, -0.1) is 23.1 Å². The lowest BCUT2D eigenvalue weighted by Gasteiger charge is -2.10. The van der Waals surface area contributed by atoms with Crippen molar-refractivity contribution in [1.82, 2.24) is 5.32 Å². The van der Waals surface area contributed by atoms with Gasteiger partial charge in [-0.1, -0.05) is 32.4 Å². The topological polar surface area (TPSA) is 50.4 Å². The van der Waals surface area contributed by atoms with Gasteiger partial charge in [-0.25, -0.2) is 0 Å². The van der Waals surface area contributed by atoms with E-state index >= 15 is 0 Å². The van der Waals surface area contributed by atoms with E-state index in [0.29, 0.717) is 4.88 Å². The standard InChI is InChI=1S/C21H26N2O2S3/c1-5-7-8-13-25-16-11-9-15(10-12-16)22-21(26)23-19(24)18-14(3)17(6-2)20(27-4)28-18/h6,9-12H,2,5,7-8,13H2,1,3-4H3,(H2,22,23,24,26). The third-order valence-electron chi connectivity index (χ3n) is 4.11. The number of carbonyl (C=O) groups is 1. The fourth-order valence-corrected chi connectivity index (χ4v) is 4.79. The Labute approximate surface area is 180 Å². The first kappa shape index (κ1) is 22.5. The number of nitrogens with one attached hydrogen (secondary N) is 2. The minimum Gasteiger partial charge on any atom is -0.494 e. The second-order valence-corrected chi connectivity index (χ2v) is 8.66. The monoisotopic (exact) mass is 434 g/mol. The van der Waals surface area contributed by atoms with E-state index in [-0.39, 0.29) is 11.0 Å². The van der Waals surface area contributed by atoms with E-state index in [9.17, 15) is 4.79 Å². The molecule has 0 unspecified atom stereocenters. The van der Waals surface area contributed by atoms with Crippen LogP contribution in [0.15, 0.2) is 35.1 Å². The Morgan fingerprint density at radius 2 is 2.04 bits per heavy atom. The van der Waals surface area contributed by atoms with Crippen molar-refractivity contribution < 1.29 is 9.53 Å². The van der Waals surface area contributed by atoms with Crippen LogP contribution in [0.1, 0.15) is 47.0 Å². The van der Waals surface area contributed by atoms with Crippen LogP contribution in [0.25, 0.3) is 6.08 Å². The van der Waals surface area contributed by atoms with E-state index in [1.54, 1.807) is 17.8 Å². The van der Waals surface area contributed by atoms with Crippen molar-refractivity contribution in [2.75, 3.05) is 18.2 Å². The number of rotatable bonds is 9. The number of hydrogen-bond donors (Lipinski definition) is 2. The Morgan fingerprint density at radius 1 is 1.32 bits per heavy atom. The van der Waals surface area contributed by atoms with Gasteiger partial charge in [0.1, 0.15) is 5.75 Å². The lowest BCUT2D eigenvalue weighted by molar-refractivity contribution is 0.0981. The summed E-state index contributed by atoms with van der Waals surface area (Å²) in [6.07, 6.45) is 7.18. The van der Waals surface area contributed by atoms with Gasteiger partial charge in [0.25, 0.3) is 5.91 Å². The molecule has 0 radical (unpaired) electrons. The zero-order chi connectivity index (χ0) is 20.5. The smallest absolute Gasteiger partial charge is 0.267 e. The van der Waals surface area contributed by atoms with Gasteiger partial charge < -0.3 is 10.1 Å². The highest BCUT2D eigenvalue weighted by atomic mass is 32.2. The minimum absolute atomic E-state index is 0.209. The van der Waals surface area contributed by atoms with Crippen molar-refractivity contribution in [3.05, 3.63) is 46.8 Å². The fourth-order valence-electron chi connectivity index (χ4n) is 2.60. The fraction of sp³-hybridized carbons (Fsp3) is 0.333. The van der Waals surface area contributed by atoms with Gasteiger partial charge >= 0.3 is 0 Å². The Balaban J connectivity index is 1.92. The summed E-state index contributed by atoms with van der Waals surface area (Å²) in [4.78, 5) is 13.2. The maximum atomic E-state index is 12.6. The lowest BCUT2D eigenvalue weighted by atomic mass is 10.1. The number of carbonyl (C=O) groups excluding carboxylic acids is 1. The molecule has 4 nitrogen and oxygen atoms in total. The molecule has 0 saturated heterocycles. The molecular formula is C21H26N2O2S3. The molecule has 2 aromatic rings. The van der Waals surface area contributed by atoms with Crippen LogP contribution in [-0.2, 0) is 0 Å². The quantitative estimate of drug-likeness (QED) is 0.283. The second kappa shape index (κ2) is 11.2. The number of benzene rings is 1. The zero-order valence-corrected chi connectivity index (χ0v) is 18.9. The molecule has 0 atom stereocenters. The molecule has 2 rings (SSSR count). The molecule has 0 aliphatic rings. The molecule has 0 aliphatic carbocycles. The molecule has 0 aliphatic heterocycles. The van der Waals surface area contributed by atoms with Crippen LogP contribution in [0.5, 0.6) is 5.75 Å². The highest BCUT2D eigenvalue weighted by Gasteiger charge is 2.19. The maximum Gasteiger partial charge on any atom is 0.267 e. The van der Waals surface area contributed by atoms with E-state index in [0.717, 1.165) is 39.8 Å². The molecule has 2 N–H and O–H groups in total. The average Bonchev–Trinajstić information content (AvgIpc) is 3.02. The summed E-state index contributed by atoms with van der Waals surface area (Å²) in [5.74, 6) is 0.617. The summed E-state index contributed by atoms with van der Waals surface area (Å²) >= 11 is 8.35. The van der Waals surface area contributed by atoms with Crippen molar-refractivity contribution >= 4 is 58.1 Å². The van der Waals surface area contributed by atoms with Crippen LogP contribution in [-0.4, -0.2) is 23.9 Å². The molecule has 0 saturated carbocycles. The highest BCUT2D eigenvalue weighted by molar-refractivity contribution is 8.00. The van der Waals surface area contributed by atoms with Crippen molar-refractivity contribution in [2.24, 2.45) is 0 Å². The first-order valence-corrected chi connectivity index (χ1v) is 11.6. The number of hydrogen-bond acceptors (Lipinski definition) is 5. The Morgan fingerprint density at radius 3 is 2.61 bits per heavy atom. The van der Waals surface area contributed by atoms with Gasteiger partial charge in [-0.05, 0) is 61.6 Å². The summed E-state index contributed by atoms with van der Waals surface area (Å²) < 4.78 is 6.77. The van der Waals surface area contributed by atoms with Crippen molar-refractivity contribution in [1.29, 1.82) is 0 Å². The summed E-state index contributed by atoms with van der Waals surface area (Å²) in [6.45, 7) is 8.66. The van der Waals surface area contributed by atoms with E-state index in [2.05, 4.69) is 24.1 Å². The molecule has 1 aromatic heterocycles. The molecule has 1 aromatic carbocycles. The molecule has 0 bridgehead atoms. The average molecular weight is 435 g/mol. The van der Waals surface area contributed by atoms with E-state index in [1.165, 1.54) is 24.2 Å². The molecule has 1 heterocycles. The summed E-state index contributed by atoms with van der Waals surface area (Å²) in [7, 11) is 0. The largest absolute Gasteiger partial charge is 0.494 e. The Kier molecular flexibility index (Phi) is 9.02. The van der Waals surface area contributed by atoms with Gasteiger partial charge in [0.05, 0.1) is 15.7 Å². The van der Waals surface area contributed by atoms with Gasteiger partial charge in [-0.3, -0.25) is 10.1 Å². The van der Waals surface area contributed by atoms with Crippen LogP contribution in [0.4, 0.5) is 5.69 Å². The number of thioether (sulfide) groups is 1. The molecule has 1 amide bonds.